The maximum absolute atomic E-state index is 11.1. The van der Waals surface area contributed by atoms with Gasteiger partial charge in [0.1, 0.15) is 5.69 Å². The van der Waals surface area contributed by atoms with E-state index >= 15 is 0 Å². The van der Waals surface area contributed by atoms with E-state index in [9.17, 15) is 9.59 Å². The van der Waals surface area contributed by atoms with Gasteiger partial charge in [0.25, 0.3) is 11.5 Å². The summed E-state index contributed by atoms with van der Waals surface area (Å²) in [5.74, 6) is 0.207. The second-order valence-electron chi connectivity index (χ2n) is 2.79. The number of nitrogens with zero attached hydrogens (tertiary/aromatic N) is 1. The fourth-order valence-electron chi connectivity index (χ4n) is 1.21. The van der Waals surface area contributed by atoms with Crippen molar-refractivity contribution in [2.75, 3.05) is 11.9 Å². The Morgan fingerprint density at radius 3 is 3.00 bits per heavy atom. The molecule has 1 amide bonds. The van der Waals surface area contributed by atoms with Crippen molar-refractivity contribution in [2.45, 2.75) is 0 Å². The number of carbonyl (C=O) groups excluding carboxylic acids is 1. The Bertz CT molecular complexity index is 422. The normalized spacial score (nSPS) is 14.4. The Labute approximate surface area is 73.9 Å². The summed E-state index contributed by atoms with van der Waals surface area (Å²) < 4.78 is 6.45. The summed E-state index contributed by atoms with van der Waals surface area (Å²) in [5, 5.41) is 2.60. The maximum atomic E-state index is 11.1. The molecule has 13 heavy (non-hydrogen) atoms. The molecule has 0 radical (unpaired) electrons. The van der Waals surface area contributed by atoms with Gasteiger partial charge in [-0.15, -0.1) is 0 Å². The lowest BCUT2D eigenvalue weighted by Crippen LogP contribution is -2.30. The maximum Gasteiger partial charge on any atom is 0.262 e. The summed E-state index contributed by atoms with van der Waals surface area (Å²) in [5.41, 5.74) is 0.383. The topological polar surface area (TPSA) is 60.3 Å². The van der Waals surface area contributed by atoms with E-state index in [0.29, 0.717) is 11.6 Å². The Hall–Kier alpha value is -1.78. The predicted molar refractivity (Wildman–Crippen MR) is 45.8 cm³/mol. The number of pyridine rings is 1. The number of rotatable bonds is 0. The van der Waals surface area contributed by atoms with Gasteiger partial charge in [-0.05, 0) is 6.07 Å². The molecule has 2 heterocycles. The zero-order valence-corrected chi connectivity index (χ0v) is 7.03. The van der Waals surface area contributed by atoms with Crippen LogP contribution in [0.1, 0.15) is 0 Å². The highest BCUT2D eigenvalue weighted by molar-refractivity contribution is 5.94. The van der Waals surface area contributed by atoms with Gasteiger partial charge in [-0.25, -0.2) is 0 Å². The first-order chi connectivity index (χ1) is 6.18. The predicted octanol–water partition coefficient (Wildman–Crippen LogP) is -0.284. The van der Waals surface area contributed by atoms with Crippen LogP contribution in [0.5, 0.6) is 5.88 Å². The highest BCUT2D eigenvalue weighted by Gasteiger charge is 2.17. The summed E-state index contributed by atoms with van der Waals surface area (Å²) in [6.45, 7) is -0.0374. The van der Waals surface area contributed by atoms with Crippen LogP contribution in [-0.4, -0.2) is 17.1 Å². The van der Waals surface area contributed by atoms with Crippen molar-refractivity contribution >= 4 is 11.6 Å². The van der Waals surface area contributed by atoms with Crippen molar-refractivity contribution in [3.05, 3.63) is 22.5 Å². The molecule has 0 aliphatic carbocycles. The molecule has 2 rings (SSSR count). The van der Waals surface area contributed by atoms with Crippen LogP contribution >= 0.6 is 0 Å². The molecule has 5 nitrogen and oxygen atoms in total. The summed E-state index contributed by atoms with van der Waals surface area (Å²) >= 11 is 0. The van der Waals surface area contributed by atoms with Crippen LogP contribution in [-0.2, 0) is 11.8 Å². The Morgan fingerprint density at radius 1 is 1.46 bits per heavy atom. The first kappa shape index (κ1) is 7.85. The van der Waals surface area contributed by atoms with Crippen molar-refractivity contribution in [1.82, 2.24) is 4.57 Å². The number of ether oxygens (including phenoxy) is 1. The molecule has 0 aromatic carbocycles. The lowest BCUT2D eigenvalue weighted by Gasteiger charge is -2.19. The smallest absolute Gasteiger partial charge is 0.262 e. The number of aromatic nitrogens is 1. The minimum absolute atomic E-state index is 0.0374. The van der Waals surface area contributed by atoms with Crippen LogP contribution in [0.4, 0.5) is 5.69 Å². The van der Waals surface area contributed by atoms with E-state index in [4.69, 9.17) is 4.74 Å². The van der Waals surface area contributed by atoms with Gasteiger partial charge in [-0.2, -0.15) is 0 Å². The van der Waals surface area contributed by atoms with Crippen molar-refractivity contribution in [3.8, 4) is 5.88 Å². The monoisotopic (exact) mass is 180 g/mol. The van der Waals surface area contributed by atoms with Gasteiger partial charge in [-0.1, -0.05) is 0 Å². The van der Waals surface area contributed by atoms with Gasteiger partial charge in [0.2, 0.25) is 5.88 Å². The fourth-order valence-corrected chi connectivity index (χ4v) is 1.21. The molecule has 0 spiro atoms. The first-order valence-electron chi connectivity index (χ1n) is 3.81. The number of amides is 1. The number of fused-ring (bicyclic) bond motifs is 1. The molecule has 0 saturated carbocycles. The lowest BCUT2D eigenvalue weighted by molar-refractivity contribution is -0.118. The summed E-state index contributed by atoms with van der Waals surface area (Å²) in [6, 6.07) is 2.92. The number of hydrogen-bond acceptors (Lipinski definition) is 3. The zero-order chi connectivity index (χ0) is 9.42. The van der Waals surface area contributed by atoms with E-state index in [0.717, 1.165) is 0 Å². The molecule has 0 unspecified atom stereocenters. The van der Waals surface area contributed by atoms with Crippen LogP contribution in [0.2, 0.25) is 0 Å². The minimum atomic E-state index is -0.203. The molecule has 0 atom stereocenters. The van der Waals surface area contributed by atoms with Crippen molar-refractivity contribution in [1.29, 1.82) is 0 Å². The molecule has 0 fully saturated rings. The molecule has 5 heteroatoms. The summed E-state index contributed by atoms with van der Waals surface area (Å²) in [7, 11) is 1.60. The van der Waals surface area contributed by atoms with E-state index in [1.54, 1.807) is 7.05 Å². The highest BCUT2D eigenvalue weighted by Crippen LogP contribution is 2.23. The van der Waals surface area contributed by atoms with Crippen molar-refractivity contribution in [3.63, 3.8) is 0 Å². The first-order valence-corrected chi connectivity index (χ1v) is 3.81. The van der Waals surface area contributed by atoms with Gasteiger partial charge < -0.3 is 10.1 Å². The van der Waals surface area contributed by atoms with E-state index in [1.807, 2.05) is 0 Å². The Balaban J connectivity index is 2.59. The van der Waals surface area contributed by atoms with Crippen LogP contribution in [0.25, 0.3) is 0 Å². The number of hydrogen-bond donors (Lipinski definition) is 1. The molecule has 1 aromatic rings. The number of anilines is 1. The average Bonchev–Trinajstić information content (AvgIpc) is 2.12. The molecular formula is C8H8N2O3. The lowest BCUT2D eigenvalue weighted by atomic mass is 10.3. The second-order valence-corrected chi connectivity index (χ2v) is 2.79. The van der Waals surface area contributed by atoms with Crippen molar-refractivity contribution in [2.24, 2.45) is 7.05 Å². The second kappa shape index (κ2) is 2.62. The van der Waals surface area contributed by atoms with Gasteiger partial charge in [0.05, 0.1) is 0 Å². The largest absolute Gasteiger partial charge is 0.467 e. The fraction of sp³-hybridized carbons (Fsp3) is 0.250. The van der Waals surface area contributed by atoms with E-state index in [2.05, 4.69) is 5.32 Å². The summed E-state index contributed by atoms with van der Waals surface area (Å²) in [6.07, 6.45) is 0. The Kier molecular flexibility index (Phi) is 1.58. The molecule has 1 aliphatic rings. The van der Waals surface area contributed by atoms with Crippen LogP contribution in [0.3, 0.4) is 0 Å². The minimum Gasteiger partial charge on any atom is -0.467 e. The number of carbonyl (C=O) groups is 1. The molecule has 0 saturated heterocycles. The van der Waals surface area contributed by atoms with Gasteiger partial charge in [-0.3, -0.25) is 14.2 Å². The van der Waals surface area contributed by atoms with Crippen LogP contribution in [0.15, 0.2) is 16.9 Å². The molecule has 1 aromatic heterocycles. The van der Waals surface area contributed by atoms with Crippen molar-refractivity contribution < 1.29 is 9.53 Å². The standard InChI is InChI=1S/C8H8N2O3/c1-10-7(12)3-2-5-8(10)13-4-6(11)9-5/h2-3H,4H2,1H3,(H,9,11). The molecule has 1 aliphatic heterocycles. The zero-order valence-electron chi connectivity index (χ0n) is 7.03. The quantitative estimate of drug-likeness (QED) is 0.597. The van der Waals surface area contributed by atoms with Gasteiger partial charge in [0.15, 0.2) is 6.61 Å². The average molecular weight is 180 g/mol. The van der Waals surface area contributed by atoms with E-state index in [-0.39, 0.29) is 18.1 Å². The van der Waals surface area contributed by atoms with Gasteiger partial charge in [0, 0.05) is 13.1 Å². The van der Waals surface area contributed by atoms with Crippen LogP contribution < -0.4 is 15.6 Å². The van der Waals surface area contributed by atoms with Gasteiger partial charge >= 0.3 is 0 Å². The number of nitrogens with one attached hydrogen (secondary N) is 1. The third-order valence-electron chi connectivity index (χ3n) is 1.87. The van der Waals surface area contributed by atoms with Crippen LogP contribution in [0, 0.1) is 0 Å². The highest BCUT2D eigenvalue weighted by atomic mass is 16.5. The molecule has 0 bridgehead atoms. The molecular weight excluding hydrogens is 172 g/mol. The molecule has 1 N–H and O–H groups in total. The Morgan fingerprint density at radius 2 is 2.23 bits per heavy atom. The van der Waals surface area contributed by atoms with E-state index in [1.165, 1.54) is 16.7 Å². The third-order valence-corrected chi connectivity index (χ3v) is 1.87. The third kappa shape index (κ3) is 1.18. The van der Waals surface area contributed by atoms with E-state index < -0.39 is 0 Å². The SMILES string of the molecule is Cn1c2c(ccc1=O)NC(=O)CO2. The summed E-state index contributed by atoms with van der Waals surface area (Å²) in [4.78, 5) is 22.0. The molecule has 68 valence electrons.